The molecule has 358 valence electrons. The van der Waals surface area contributed by atoms with Crippen molar-refractivity contribution in [2.45, 2.75) is 90.5 Å². The molecule has 0 aliphatic carbocycles. The number of carbonyl (C=O) groups is 2. The summed E-state index contributed by atoms with van der Waals surface area (Å²) >= 11 is 0. The summed E-state index contributed by atoms with van der Waals surface area (Å²) < 4.78 is 343. The monoisotopic (exact) mass is 954 g/mol. The first-order valence-corrected chi connectivity index (χ1v) is 15.6. The molecule has 7 nitrogen and oxygen atoms in total. The number of aliphatic hydroxyl groups is 1. The van der Waals surface area contributed by atoms with Gasteiger partial charge in [0.2, 0.25) is 0 Å². The number of alkyl halides is 26. The van der Waals surface area contributed by atoms with Gasteiger partial charge >= 0.3 is 71.6 Å². The third-order valence-electron chi connectivity index (χ3n) is 8.07. The second kappa shape index (κ2) is 16.9. The molecule has 0 spiro atoms. The van der Waals surface area contributed by atoms with E-state index in [-0.39, 0.29) is 0 Å². The number of amides is 2. The molecule has 0 unspecified atom stereocenters. The topological polar surface area (TPSA) is 78.4 Å². The first kappa shape index (κ1) is 57.0. The van der Waals surface area contributed by atoms with Gasteiger partial charge in [0, 0.05) is 25.9 Å². The molecule has 2 amide bonds. The van der Waals surface area contributed by atoms with Crippen LogP contribution in [0.2, 0.25) is 0 Å². The lowest BCUT2D eigenvalue weighted by Gasteiger charge is -2.39. The lowest BCUT2D eigenvalue weighted by molar-refractivity contribution is -0.907. The van der Waals surface area contributed by atoms with E-state index in [1.54, 1.807) is 0 Å². The van der Waals surface area contributed by atoms with Crippen LogP contribution in [-0.2, 0) is 9.59 Å². The minimum atomic E-state index is -8.14. The number of aliphatic hydroxyl groups excluding tert-OH is 1. The molecule has 0 aromatic rings. The number of likely N-dealkylation sites (N-methyl/N-ethyl adjacent to an activating group) is 2. The Bertz CT molecular complexity index is 1380. The van der Waals surface area contributed by atoms with Gasteiger partial charge in [-0.05, 0) is 0 Å². The predicted molar refractivity (Wildman–Crippen MR) is 147 cm³/mol. The summed E-state index contributed by atoms with van der Waals surface area (Å²) in [4.78, 5) is 24.4. The van der Waals surface area contributed by atoms with Gasteiger partial charge in [-0.15, -0.1) is 0 Å². The van der Waals surface area contributed by atoms with E-state index in [4.69, 9.17) is 0 Å². The molecule has 0 saturated carbocycles. The number of nitrogens with one attached hydrogen (secondary N) is 2. The van der Waals surface area contributed by atoms with Crippen molar-refractivity contribution >= 4 is 11.8 Å². The zero-order chi connectivity index (χ0) is 48.8. The number of hydrogen-bond donors (Lipinski definition) is 3. The number of hydrogen-bond acceptors (Lipinski definition) is 3. The maximum Gasteiger partial charge on any atom is 0.460 e. The Balaban J connectivity index is 5.44. The average molecular weight is 955 g/mol. The van der Waals surface area contributed by atoms with Gasteiger partial charge < -0.3 is 24.7 Å². The first-order chi connectivity index (χ1) is 25.8. The van der Waals surface area contributed by atoms with Crippen LogP contribution in [0, 0.1) is 0 Å². The van der Waals surface area contributed by atoms with E-state index in [2.05, 4.69) is 0 Å². The molecule has 0 aliphatic heterocycles. The quantitative estimate of drug-likeness (QED) is 0.0810. The van der Waals surface area contributed by atoms with E-state index in [1.165, 1.54) is 10.6 Å². The van der Waals surface area contributed by atoms with E-state index in [1.807, 2.05) is 0 Å². The molecule has 33 heteroatoms. The van der Waals surface area contributed by atoms with Gasteiger partial charge in [-0.25, -0.2) is 0 Å². The molecular weight excluding hydrogens is 922 g/mol. The molecule has 0 heterocycles. The summed E-state index contributed by atoms with van der Waals surface area (Å²) in [6, 6.07) is 0. The summed E-state index contributed by atoms with van der Waals surface area (Å²) in [6.07, 6.45) is -22.5. The van der Waals surface area contributed by atoms with E-state index < -0.39 is 151 Å². The van der Waals surface area contributed by atoms with E-state index in [0.717, 1.165) is 28.2 Å². The summed E-state index contributed by atoms with van der Waals surface area (Å²) in [6.45, 7) is -6.90. The smallest absolute Gasteiger partial charge is 0.382 e. The van der Waals surface area contributed by atoms with Gasteiger partial charge in [0.05, 0.1) is 28.2 Å². The summed E-state index contributed by atoms with van der Waals surface area (Å²) in [5, 5.41) is 13.2. The second-order valence-electron chi connectivity index (χ2n) is 14.4. The Morgan fingerprint density at radius 1 is 0.417 bits per heavy atom. The van der Waals surface area contributed by atoms with Crippen molar-refractivity contribution in [3.05, 3.63) is 0 Å². The largest absolute Gasteiger partial charge is 0.460 e. The molecule has 0 bridgehead atoms. The molecular formula is C27H32F26N4O3+2. The van der Waals surface area contributed by atoms with E-state index in [0.29, 0.717) is 0 Å². The first-order valence-electron chi connectivity index (χ1n) is 15.6. The van der Waals surface area contributed by atoms with Gasteiger partial charge in [0.25, 0.3) is 11.8 Å². The van der Waals surface area contributed by atoms with Crippen LogP contribution in [0.4, 0.5) is 114 Å². The number of carbonyl (C=O) groups excluding carboxylic acids is 2. The Labute approximate surface area is 319 Å². The van der Waals surface area contributed by atoms with Crippen molar-refractivity contribution in [1.29, 1.82) is 0 Å². The number of nitrogens with zero attached hydrogens (tertiary/aromatic N) is 2. The van der Waals surface area contributed by atoms with Crippen LogP contribution in [0.25, 0.3) is 0 Å². The fourth-order valence-corrected chi connectivity index (χ4v) is 4.85. The maximum atomic E-state index is 14.0. The Hall–Kier alpha value is -3.00. The van der Waals surface area contributed by atoms with E-state index in [9.17, 15) is 129 Å². The van der Waals surface area contributed by atoms with E-state index >= 15 is 0 Å². The number of quaternary nitrogens is 2. The van der Waals surface area contributed by atoms with Gasteiger partial charge in [0.15, 0.2) is 19.2 Å². The van der Waals surface area contributed by atoms with Gasteiger partial charge in [-0.2, -0.15) is 114 Å². The molecule has 60 heavy (non-hydrogen) atoms. The van der Waals surface area contributed by atoms with Crippen LogP contribution in [0.3, 0.4) is 0 Å². The van der Waals surface area contributed by atoms with Crippen LogP contribution in [0.1, 0.15) is 12.8 Å². The second-order valence-corrected chi connectivity index (χ2v) is 14.4. The highest BCUT2D eigenvalue weighted by Gasteiger charge is 2.92. The van der Waals surface area contributed by atoms with Crippen molar-refractivity contribution in [1.82, 2.24) is 10.6 Å². The highest BCUT2D eigenvalue weighted by Crippen LogP contribution is 2.62. The summed E-state index contributed by atoms with van der Waals surface area (Å²) in [7, 11) is 4.23. The van der Waals surface area contributed by atoms with Gasteiger partial charge in [-0.3, -0.25) is 9.59 Å². The minimum absolute atomic E-state index is 0.632. The highest BCUT2D eigenvalue weighted by molar-refractivity contribution is 5.77. The number of halogens is 26. The predicted octanol–water partition coefficient (Wildman–Crippen LogP) is 6.99. The van der Waals surface area contributed by atoms with Crippen molar-refractivity contribution in [3.8, 4) is 0 Å². The number of rotatable bonds is 22. The zero-order valence-electron chi connectivity index (χ0n) is 30.2. The standard InChI is InChI=1S/C27H30F26N4O3/c1-56(2,11-14(59)54-7-5-16(28,29)18(32,33)20(36,37)22(40,41)24(44,45)26(48,49)50)9-13(58)10-57(3,4)12-15(60)55-8-6-17(30,31)19(34,35)21(38,39)23(42,43)25(46,47)27(51,52)53/h13,58H,5-12H2,1-4H3/p+2. The van der Waals surface area contributed by atoms with Gasteiger partial charge in [0.1, 0.15) is 13.1 Å². The molecule has 0 aliphatic rings. The fourth-order valence-electron chi connectivity index (χ4n) is 4.85. The minimum Gasteiger partial charge on any atom is -0.382 e. The van der Waals surface area contributed by atoms with Crippen molar-refractivity contribution in [2.75, 3.05) is 67.5 Å². The van der Waals surface area contributed by atoms with Crippen molar-refractivity contribution in [3.63, 3.8) is 0 Å². The molecule has 0 saturated heterocycles. The average Bonchev–Trinajstić information content (AvgIpc) is 2.97. The highest BCUT2D eigenvalue weighted by atomic mass is 19.4. The van der Waals surface area contributed by atoms with Gasteiger partial charge in [-0.1, -0.05) is 0 Å². The lowest BCUT2D eigenvalue weighted by Crippen LogP contribution is -2.70. The van der Waals surface area contributed by atoms with Crippen molar-refractivity contribution < 1.29 is 138 Å². The molecule has 3 N–H and O–H groups in total. The molecule has 0 aromatic carbocycles. The summed E-state index contributed by atoms with van der Waals surface area (Å²) in [5.41, 5.74) is 0. The molecule has 0 fully saturated rings. The molecule has 0 rings (SSSR count). The fraction of sp³-hybridized carbons (Fsp3) is 0.926. The summed E-state index contributed by atoms with van der Waals surface area (Å²) in [5.74, 6) is -79.4. The van der Waals surface area contributed by atoms with Crippen molar-refractivity contribution in [2.24, 2.45) is 0 Å². The van der Waals surface area contributed by atoms with Crippen LogP contribution in [-0.4, -0.2) is 171 Å². The Morgan fingerprint density at radius 2 is 0.633 bits per heavy atom. The van der Waals surface area contributed by atoms with Crippen LogP contribution < -0.4 is 10.6 Å². The molecule has 0 aromatic heterocycles. The third kappa shape index (κ3) is 11.0. The SMILES string of the molecule is C[N+](C)(CC(=O)NCCC(F)(F)C(F)(F)C(F)(F)C(F)(F)C(F)(F)C(F)(F)F)CC(O)C[N+](C)(C)CC(=O)NCCC(F)(F)C(F)(F)C(F)(F)C(F)(F)C(F)(F)C(F)(F)F. The van der Waals surface area contributed by atoms with Crippen LogP contribution >= 0.6 is 0 Å². The Kier molecular flexibility index (Phi) is 16.1. The third-order valence-corrected chi connectivity index (χ3v) is 8.07. The lowest BCUT2D eigenvalue weighted by atomic mass is 9.92. The van der Waals surface area contributed by atoms with Crippen LogP contribution in [0.5, 0.6) is 0 Å². The molecule has 0 radical (unpaired) electrons. The Morgan fingerprint density at radius 3 is 0.850 bits per heavy atom. The normalized spacial score (nSPS) is 15.7. The molecule has 0 atom stereocenters. The van der Waals surface area contributed by atoms with Crippen LogP contribution in [0.15, 0.2) is 0 Å². The zero-order valence-corrected chi connectivity index (χ0v) is 30.2. The maximum absolute atomic E-state index is 14.0.